The minimum atomic E-state index is -2.43. The number of halogens is 3. The van der Waals surface area contributed by atoms with Gasteiger partial charge >= 0.3 is 0 Å². The Kier molecular flexibility index (Phi) is 4.61. The third kappa shape index (κ3) is 3.10. The largest absolute Gasteiger partial charge is 0.335 e. The lowest BCUT2D eigenvalue weighted by atomic mass is 10.1. The molecule has 0 fully saturated rings. The van der Waals surface area contributed by atoms with Crippen LogP contribution in [0.3, 0.4) is 0 Å². The second-order valence-electron chi connectivity index (χ2n) is 4.24. The van der Waals surface area contributed by atoms with Gasteiger partial charge in [-0.1, -0.05) is 24.6 Å². The first-order valence-corrected chi connectivity index (χ1v) is 7.00. The fourth-order valence-corrected chi connectivity index (χ4v) is 2.42. The zero-order valence-electron chi connectivity index (χ0n) is 10.6. The summed E-state index contributed by atoms with van der Waals surface area (Å²) in [6, 6.07) is 7.25. The predicted molar refractivity (Wildman–Crippen MR) is 86.3 cm³/mol. The topological polar surface area (TPSA) is 3.24 Å². The molecule has 0 atom stereocenters. The SMILES string of the molecule is C#Cc1ccc(C2=CC=C(I)C(=C)N2CC(F)F)cc1. The lowest BCUT2D eigenvalue weighted by molar-refractivity contribution is 0.123. The molecule has 1 aromatic rings. The maximum atomic E-state index is 12.8. The summed E-state index contributed by atoms with van der Waals surface area (Å²) in [6.07, 6.45) is 6.58. The van der Waals surface area contributed by atoms with Crippen molar-refractivity contribution in [3.8, 4) is 12.3 Å². The highest BCUT2D eigenvalue weighted by Crippen LogP contribution is 2.34. The molecule has 1 aromatic carbocycles. The molecule has 0 amide bonds. The van der Waals surface area contributed by atoms with Gasteiger partial charge in [0.1, 0.15) is 0 Å². The van der Waals surface area contributed by atoms with Crippen LogP contribution in [-0.4, -0.2) is 17.9 Å². The van der Waals surface area contributed by atoms with Crippen molar-refractivity contribution in [2.24, 2.45) is 0 Å². The van der Waals surface area contributed by atoms with Crippen LogP contribution in [0.25, 0.3) is 5.70 Å². The minimum absolute atomic E-state index is 0.373. The Morgan fingerprint density at radius 1 is 1.25 bits per heavy atom. The van der Waals surface area contributed by atoms with Crippen molar-refractivity contribution in [1.29, 1.82) is 0 Å². The zero-order chi connectivity index (χ0) is 14.7. The third-order valence-corrected chi connectivity index (χ3v) is 3.93. The Hall–Kier alpha value is -1.61. The van der Waals surface area contributed by atoms with Crippen LogP contribution in [0.1, 0.15) is 11.1 Å². The van der Waals surface area contributed by atoms with Crippen LogP contribution >= 0.6 is 22.6 Å². The van der Waals surface area contributed by atoms with Crippen LogP contribution in [0, 0.1) is 12.3 Å². The fraction of sp³-hybridized carbons (Fsp3) is 0.125. The first kappa shape index (κ1) is 14.8. The van der Waals surface area contributed by atoms with Gasteiger partial charge in [0.15, 0.2) is 0 Å². The molecule has 0 aromatic heterocycles. The fourth-order valence-electron chi connectivity index (χ4n) is 1.95. The molecule has 0 bridgehead atoms. The molecule has 0 N–H and O–H groups in total. The number of alkyl halides is 2. The quantitative estimate of drug-likeness (QED) is 0.552. The number of hydrogen-bond donors (Lipinski definition) is 0. The van der Waals surface area contributed by atoms with Crippen LogP contribution in [-0.2, 0) is 0 Å². The molecule has 1 heterocycles. The molecule has 20 heavy (non-hydrogen) atoms. The first-order valence-electron chi connectivity index (χ1n) is 5.92. The monoisotopic (exact) mass is 383 g/mol. The molecule has 1 aliphatic heterocycles. The third-order valence-electron chi connectivity index (χ3n) is 2.95. The molecule has 0 saturated heterocycles. The highest BCUT2D eigenvalue weighted by atomic mass is 127. The van der Waals surface area contributed by atoms with E-state index in [0.717, 1.165) is 14.7 Å². The Morgan fingerprint density at radius 2 is 1.90 bits per heavy atom. The molecule has 0 radical (unpaired) electrons. The van der Waals surface area contributed by atoms with E-state index in [-0.39, 0.29) is 6.54 Å². The average molecular weight is 383 g/mol. The van der Waals surface area contributed by atoms with Gasteiger partial charge in [-0.15, -0.1) is 6.42 Å². The second-order valence-corrected chi connectivity index (χ2v) is 5.40. The van der Waals surface area contributed by atoms with Crippen molar-refractivity contribution >= 4 is 28.3 Å². The Bertz CT molecular complexity index is 621. The number of terminal acetylenes is 1. The van der Waals surface area contributed by atoms with Gasteiger partial charge in [-0.2, -0.15) is 0 Å². The van der Waals surface area contributed by atoms with Gasteiger partial charge in [0.2, 0.25) is 0 Å². The van der Waals surface area contributed by atoms with Crippen molar-refractivity contribution in [2.75, 3.05) is 6.54 Å². The predicted octanol–water partition coefficient (Wildman–Crippen LogP) is 4.42. The van der Waals surface area contributed by atoms with Crippen molar-refractivity contribution in [3.05, 3.63) is 63.4 Å². The Labute approximate surface area is 130 Å². The molecular formula is C16H12F2IN. The molecule has 0 unspecified atom stereocenters. The molecule has 2 rings (SSSR count). The van der Waals surface area contributed by atoms with Crippen LogP contribution in [0.5, 0.6) is 0 Å². The second kappa shape index (κ2) is 6.23. The number of nitrogens with zero attached hydrogens (tertiary/aromatic N) is 1. The van der Waals surface area contributed by atoms with Crippen molar-refractivity contribution in [1.82, 2.24) is 4.90 Å². The van der Waals surface area contributed by atoms with E-state index in [4.69, 9.17) is 6.42 Å². The van der Waals surface area contributed by atoms with Crippen molar-refractivity contribution in [2.45, 2.75) is 6.43 Å². The number of benzene rings is 1. The minimum Gasteiger partial charge on any atom is -0.335 e. The maximum Gasteiger partial charge on any atom is 0.256 e. The van der Waals surface area contributed by atoms with E-state index >= 15 is 0 Å². The molecule has 0 spiro atoms. The standard InChI is InChI=1S/C16H12F2IN/c1-3-12-4-6-13(7-5-12)15-9-8-14(19)11(2)20(15)10-16(17)18/h1,4-9,16H,2,10H2. The van der Waals surface area contributed by atoms with Gasteiger partial charge in [0, 0.05) is 20.5 Å². The Balaban J connectivity index is 2.39. The van der Waals surface area contributed by atoms with E-state index in [1.165, 1.54) is 4.90 Å². The lowest BCUT2D eigenvalue weighted by Crippen LogP contribution is -2.28. The van der Waals surface area contributed by atoms with Gasteiger partial charge in [0.05, 0.1) is 6.54 Å². The van der Waals surface area contributed by atoms with E-state index in [9.17, 15) is 8.78 Å². The van der Waals surface area contributed by atoms with Crippen LogP contribution in [0.2, 0.25) is 0 Å². The van der Waals surface area contributed by atoms with Gasteiger partial charge in [0.25, 0.3) is 6.43 Å². The smallest absolute Gasteiger partial charge is 0.256 e. The van der Waals surface area contributed by atoms with Gasteiger partial charge < -0.3 is 4.90 Å². The van der Waals surface area contributed by atoms with Crippen LogP contribution < -0.4 is 0 Å². The van der Waals surface area contributed by atoms with Gasteiger partial charge in [-0.25, -0.2) is 8.78 Å². The summed E-state index contributed by atoms with van der Waals surface area (Å²) in [7, 11) is 0. The van der Waals surface area contributed by atoms with Crippen LogP contribution in [0.15, 0.2) is 52.3 Å². The van der Waals surface area contributed by atoms with E-state index in [1.54, 1.807) is 12.1 Å². The lowest BCUT2D eigenvalue weighted by Gasteiger charge is -2.31. The highest BCUT2D eigenvalue weighted by molar-refractivity contribution is 14.1. The summed E-state index contributed by atoms with van der Waals surface area (Å²) in [5.74, 6) is 2.53. The number of hydrogen-bond acceptors (Lipinski definition) is 1. The summed E-state index contributed by atoms with van der Waals surface area (Å²) in [5, 5.41) is 0. The van der Waals surface area contributed by atoms with E-state index in [1.807, 2.05) is 24.3 Å². The first-order chi connectivity index (χ1) is 9.52. The molecule has 1 nitrogen and oxygen atoms in total. The Morgan fingerprint density at radius 3 is 2.45 bits per heavy atom. The zero-order valence-corrected chi connectivity index (χ0v) is 12.8. The van der Waals surface area contributed by atoms with Gasteiger partial charge in [-0.05, 0) is 52.4 Å². The highest BCUT2D eigenvalue weighted by Gasteiger charge is 2.22. The normalized spacial score (nSPS) is 14.9. The molecule has 0 aliphatic carbocycles. The van der Waals surface area contributed by atoms with Crippen molar-refractivity contribution < 1.29 is 8.78 Å². The molecular weight excluding hydrogens is 371 g/mol. The van der Waals surface area contributed by atoms with Crippen LogP contribution in [0.4, 0.5) is 8.78 Å². The summed E-state index contributed by atoms with van der Waals surface area (Å²) in [6.45, 7) is 3.51. The summed E-state index contributed by atoms with van der Waals surface area (Å²) in [5.41, 5.74) is 2.89. The number of allylic oxidation sites excluding steroid dienone is 3. The van der Waals surface area contributed by atoms with Gasteiger partial charge in [-0.3, -0.25) is 0 Å². The van der Waals surface area contributed by atoms with Crippen molar-refractivity contribution in [3.63, 3.8) is 0 Å². The maximum absolute atomic E-state index is 12.8. The van der Waals surface area contributed by atoms with E-state index in [2.05, 4.69) is 35.1 Å². The molecule has 0 saturated carbocycles. The molecule has 102 valence electrons. The molecule has 1 aliphatic rings. The summed E-state index contributed by atoms with van der Waals surface area (Å²) in [4.78, 5) is 1.54. The van der Waals surface area contributed by atoms with E-state index in [0.29, 0.717) is 11.4 Å². The number of rotatable bonds is 3. The van der Waals surface area contributed by atoms with E-state index < -0.39 is 6.43 Å². The summed E-state index contributed by atoms with van der Waals surface area (Å²) >= 11 is 2.09. The average Bonchev–Trinajstić information content (AvgIpc) is 2.44. The molecule has 4 heteroatoms. The summed E-state index contributed by atoms with van der Waals surface area (Å²) < 4.78 is 26.4.